The summed E-state index contributed by atoms with van der Waals surface area (Å²) >= 11 is 0. The largest absolute Gasteiger partial charge is 1.00 e. The van der Waals surface area contributed by atoms with Gasteiger partial charge in [0, 0.05) is 7.11 Å². The maximum absolute atomic E-state index is 8.36. The van der Waals surface area contributed by atoms with Crippen molar-refractivity contribution in [2.24, 2.45) is 12.2 Å². The van der Waals surface area contributed by atoms with E-state index in [1.807, 2.05) is 28.6 Å². The zero-order valence-electron chi connectivity index (χ0n) is 7.51. The summed E-state index contributed by atoms with van der Waals surface area (Å²) in [7, 11) is 3.48. The van der Waals surface area contributed by atoms with Crippen LogP contribution in [0.5, 0.6) is 0 Å². The standard InChI is InChI=1S/C7H11N3O2.ClH/c1-9-3-4-10(6-12-2)7(9)5-8-11;/h3-5H,6H2,1-2H3;1H. The predicted molar refractivity (Wildman–Crippen MR) is 42.0 cm³/mol. The molecule has 0 fully saturated rings. The molecule has 0 spiro atoms. The number of ether oxygens (including phenoxy) is 1. The first kappa shape index (κ1) is 11.9. The van der Waals surface area contributed by atoms with Crippen molar-refractivity contribution in [3.63, 3.8) is 0 Å². The summed E-state index contributed by atoms with van der Waals surface area (Å²) in [6, 6.07) is 0. The fourth-order valence-electron chi connectivity index (χ4n) is 1.00. The lowest BCUT2D eigenvalue weighted by Gasteiger charge is -1.95. The molecular weight excluding hydrogens is 194 g/mol. The lowest BCUT2D eigenvalue weighted by molar-refractivity contribution is -0.672. The van der Waals surface area contributed by atoms with E-state index in [0.29, 0.717) is 6.73 Å². The molecule has 6 heteroatoms. The van der Waals surface area contributed by atoms with Crippen molar-refractivity contribution in [1.82, 2.24) is 4.57 Å². The van der Waals surface area contributed by atoms with Crippen LogP contribution in [0.15, 0.2) is 17.5 Å². The molecule has 13 heavy (non-hydrogen) atoms. The minimum absolute atomic E-state index is 0. The minimum atomic E-state index is 0. The molecule has 0 aliphatic rings. The molecule has 1 aromatic heterocycles. The molecule has 5 nitrogen and oxygen atoms in total. The molecular formula is C7H12ClN3O2. The van der Waals surface area contributed by atoms with Crippen molar-refractivity contribution in [2.45, 2.75) is 6.73 Å². The second-order valence-electron chi connectivity index (χ2n) is 2.40. The molecule has 1 N–H and O–H groups in total. The summed E-state index contributed by atoms with van der Waals surface area (Å²) in [5.41, 5.74) is 0. The number of imidazole rings is 1. The second-order valence-corrected chi connectivity index (χ2v) is 2.40. The Morgan fingerprint density at radius 3 is 3.00 bits per heavy atom. The Morgan fingerprint density at radius 1 is 1.77 bits per heavy atom. The summed E-state index contributed by atoms with van der Waals surface area (Å²) in [5, 5.41) is 11.3. The number of methoxy groups -OCH3 is 1. The molecule has 0 aliphatic carbocycles. The molecule has 0 atom stereocenters. The first-order valence-electron chi connectivity index (χ1n) is 3.50. The number of rotatable bonds is 3. The SMILES string of the molecule is COCn1cc[n+](C)c1/C=N\O.[Cl-]. The zero-order valence-corrected chi connectivity index (χ0v) is 8.27. The monoisotopic (exact) mass is 205 g/mol. The first-order valence-corrected chi connectivity index (χ1v) is 3.50. The zero-order chi connectivity index (χ0) is 8.97. The molecule has 0 amide bonds. The Labute approximate surface area is 82.7 Å². The molecule has 0 bridgehead atoms. The highest BCUT2D eigenvalue weighted by molar-refractivity contribution is 5.72. The number of hydrogen-bond acceptors (Lipinski definition) is 3. The Hall–Kier alpha value is -1.07. The minimum Gasteiger partial charge on any atom is -1.00 e. The van der Waals surface area contributed by atoms with Crippen LogP contribution in [0.3, 0.4) is 0 Å². The Bertz CT molecular complexity index is 285. The molecule has 0 radical (unpaired) electrons. The van der Waals surface area contributed by atoms with Crippen LogP contribution in [-0.2, 0) is 18.5 Å². The van der Waals surface area contributed by atoms with Gasteiger partial charge in [0.15, 0.2) is 12.9 Å². The van der Waals surface area contributed by atoms with Gasteiger partial charge in [-0.3, -0.25) is 0 Å². The summed E-state index contributed by atoms with van der Waals surface area (Å²) < 4.78 is 8.59. The van der Waals surface area contributed by atoms with Gasteiger partial charge in [-0.25, -0.2) is 9.13 Å². The van der Waals surface area contributed by atoms with E-state index >= 15 is 0 Å². The molecule has 0 saturated heterocycles. The average molecular weight is 206 g/mol. The molecule has 74 valence electrons. The molecule has 0 aliphatic heterocycles. The maximum atomic E-state index is 8.36. The maximum Gasteiger partial charge on any atom is 0.305 e. The van der Waals surface area contributed by atoms with Gasteiger partial charge < -0.3 is 22.4 Å². The molecule has 1 rings (SSSR count). The Balaban J connectivity index is 0.00000144. The summed E-state index contributed by atoms with van der Waals surface area (Å²) in [5.74, 6) is 0.777. The van der Waals surface area contributed by atoms with Crippen molar-refractivity contribution >= 4 is 6.21 Å². The summed E-state index contributed by atoms with van der Waals surface area (Å²) in [6.07, 6.45) is 5.07. The Kier molecular flexibility index (Phi) is 5.10. The fourth-order valence-corrected chi connectivity index (χ4v) is 1.00. The van der Waals surface area contributed by atoms with E-state index in [1.54, 1.807) is 7.11 Å². The molecule has 0 saturated carbocycles. The van der Waals surface area contributed by atoms with Gasteiger partial charge in [0.2, 0.25) is 0 Å². The lowest BCUT2D eigenvalue weighted by Crippen LogP contribution is -3.00. The third-order valence-corrected chi connectivity index (χ3v) is 1.57. The third-order valence-electron chi connectivity index (χ3n) is 1.57. The van der Waals surface area contributed by atoms with Gasteiger partial charge in [-0.1, -0.05) is 5.16 Å². The van der Waals surface area contributed by atoms with Gasteiger partial charge >= 0.3 is 5.82 Å². The molecule has 1 aromatic rings. The summed E-state index contributed by atoms with van der Waals surface area (Å²) in [6.45, 7) is 0.447. The number of halogens is 1. The normalized spacial score (nSPS) is 10.3. The van der Waals surface area contributed by atoms with Crippen LogP contribution < -0.4 is 17.0 Å². The van der Waals surface area contributed by atoms with Gasteiger partial charge in [0.1, 0.15) is 12.4 Å². The average Bonchev–Trinajstić information content (AvgIpc) is 2.37. The number of aromatic nitrogens is 2. The fraction of sp³-hybridized carbons (Fsp3) is 0.429. The van der Waals surface area contributed by atoms with E-state index in [1.165, 1.54) is 6.21 Å². The van der Waals surface area contributed by atoms with Crippen LogP contribution >= 0.6 is 0 Å². The number of oxime groups is 1. The third kappa shape index (κ3) is 2.71. The predicted octanol–water partition coefficient (Wildman–Crippen LogP) is -3.27. The van der Waals surface area contributed by atoms with E-state index in [2.05, 4.69) is 5.16 Å². The highest BCUT2D eigenvalue weighted by Crippen LogP contribution is 1.91. The number of aryl methyl sites for hydroxylation is 1. The van der Waals surface area contributed by atoms with Crippen molar-refractivity contribution in [3.8, 4) is 0 Å². The topological polar surface area (TPSA) is 50.6 Å². The van der Waals surface area contributed by atoms with Crippen LogP contribution in [0, 0.1) is 0 Å². The lowest BCUT2D eigenvalue weighted by atomic mass is 10.6. The van der Waals surface area contributed by atoms with Crippen molar-refractivity contribution in [2.75, 3.05) is 7.11 Å². The molecule has 0 aromatic carbocycles. The van der Waals surface area contributed by atoms with Gasteiger partial charge in [-0.05, 0) is 0 Å². The van der Waals surface area contributed by atoms with Gasteiger partial charge in [0.25, 0.3) is 0 Å². The van der Waals surface area contributed by atoms with Crippen molar-refractivity contribution in [3.05, 3.63) is 18.2 Å². The van der Waals surface area contributed by atoms with E-state index in [0.717, 1.165) is 5.82 Å². The van der Waals surface area contributed by atoms with Crippen LogP contribution in [-0.4, -0.2) is 23.1 Å². The second kappa shape index (κ2) is 5.55. The van der Waals surface area contributed by atoms with Crippen LogP contribution in [0.1, 0.15) is 5.82 Å². The van der Waals surface area contributed by atoms with Crippen LogP contribution in [0.2, 0.25) is 0 Å². The van der Waals surface area contributed by atoms with Gasteiger partial charge in [-0.15, -0.1) is 0 Å². The van der Waals surface area contributed by atoms with Crippen molar-refractivity contribution in [1.29, 1.82) is 0 Å². The van der Waals surface area contributed by atoms with Crippen molar-refractivity contribution < 1.29 is 26.9 Å². The highest BCUT2D eigenvalue weighted by Gasteiger charge is 2.10. The first-order chi connectivity index (χ1) is 5.79. The van der Waals surface area contributed by atoms with E-state index in [9.17, 15) is 0 Å². The van der Waals surface area contributed by atoms with Crippen LogP contribution in [0.4, 0.5) is 0 Å². The summed E-state index contributed by atoms with van der Waals surface area (Å²) in [4.78, 5) is 0. The van der Waals surface area contributed by atoms with Crippen LogP contribution in [0.25, 0.3) is 0 Å². The Morgan fingerprint density at radius 2 is 2.46 bits per heavy atom. The van der Waals surface area contributed by atoms with E-state index in [4.69, 9.17) is 9.94 Å². The molecule has 1 heterocycles. The highest BCUT2D eigenvalue weighted by atomic mass is 35.5. The molecule has 0 unspecified atom stereocenters. The van der Waals surface area contributed by atoms with Gasteiger partial charge in [0.05, 0.1) is 7.05 Å². The van der Waals surface area contributed by atoms with Gasteiger partial charge in [-0.2, -0.15) is 0 Å². The smallest absolute Gasteiger partial charge is 0.305 e. The number of nitrogens with zero attached hydrogens (tertiary/aromatic N) is 3. The van der Waals surface area contributed by atoms with E-state index in [-0.39, 0.29) is 12.4 Å². The quantitative estimate of drug-likeness (QED) is 0.244. The number of hydrogen-bond donors (Lipinski definition) is 1. The van der Waals surface area contributed by atoms with E-state index < -0.39 is 0 Å².